The third kappa shape index (κ3) is 6.50. The van der Waals surface area contributed by atoms with Gasteiger partial charge in [-0.1, -0.05) is 48.5 Å². The summed E-state index contributed by atoms with van der Waals surface area (Å²) in [5.41, 5.74) is 3.00. The normalized spacial score (nSPS) is 13.9. The van der Waals surface area contributed by atoms with Gasteiger partial charge in [0.1, 0.15) is 5.82 Å². The zero-order chi connectivity index (χ0) is 23.8. The van der Waals surface area contributed by atoms with E-state index < -0.39 is 5.82 Å². The molecule has 6 nitrogen and oxygen atoms in total. The fourth-order valence-corrected chi connectivity index (χ4v) is 3.91. The standard InChI is InChI=1S/C27H28FN3O3/c28-24-11-10-22(19-25(24)30-26(32)12-13-31-14-16-34-17-15-31)29-27(33)23-9-5-4-8-21(23)18-20-6-2-1-3-7-20/h1-11,19H,12-18H2,(H,29,33)(H,30,32). The van der Waals surface area contributed by atoms with Crippen LogP contribution in [0.4, 0.5) is 15.8 Å². The zero-order valence-corrected chi connectivity index (χ0v) is 18.9. The lowest BCUT2D eigenvalue weighted by molar-refractivity contribution is -0.116. The van der Waals surface area contributed by atoms with Crippen LogP contribution in [0.15, 0.2) is 72.8 Å². The van der Waals surface area contributed by atoms with Crippen molar-refractivity contribution in [1.29, 1.82) is 0 Å². The van der Waals surface area contributed by atoms with Gasteiger partial charge in [-0.25, -0.2) is 4.39 Å². The maximum absolute atomic E-state index is 14.3. The number of ether oxygens (including phenoxy) is 1. The van der Waals surface area contributed by atoms with Gasteiger partial charge in [-0.15, -0.1) is 0 Å². The van der Waals surface area contributed by atoms with Crippen molar-refractivity contribution >= 4 is 23.2 Å². The average molecular weight is 462 g/mol. The molecule has 0 aromatic heterocycles. The lowest BCUT2D eigenvalue weighted by Gasteiger charge is -2.26. The van der Waals surface area contributed by atoms with Gasteiger partial charge in [-0.2, -0.15) is 0 Å². The topological polar surface area (TPSA) is 70.7 Å². The molecule has 176 valence electrons. The Bertz CT molecular complexity index is 1130. The van der Waals surface area contributed by atoms with Gasteiger partial charge >= 0.3 is 0 Å². The van der Waals surface area contributed by atoms with Gasteiger partial charge in [0, 0.05) is 37.3 Å². The predicted molar refractivity (Wildman–Crippen MR) is 131 cm³/mol. The van der Waals surface area contributed by atoms with Gasteiger partial charge in [0.15, 0.2) is 0 Å². The summed E-state index contributed by atoms with van der Waals surface area (Å²) in [6.45, 7) is 3.48. The predicted octanol–water partition coefficient (Wildman–Crippen LogP) is 4.33. The van der Waals surface area contributed by atoms with E-state index >= 15 is 0 Å². The number of anilines is 2. The van der Waals surface area contributed by atoms with Crippen LogP contribution in [0, 0.1) is 5.82 Å². The van der Waals surface area contributed by atoms with Crippen molar-refractivity contribution in [1.82, 2.24) is 4.90 Å². The molecule has 0 atom stereocenters. The van der Waals surface area contributed by atoms with Gasteiger partial charge in [-0.3, -0.25) is 14.5 Å². The molecule has 0 unspecified atom stereocenters. The summed E-state index contributed by atoms with van der Waals surface area (Å²) < 4.78 is 19.6. The van der Waals surface area contributed by atoms with E-state index in [1.807, 2.05) is 48.5 Å². The van der Waals surface area contributed by atoms with Crippen LogP contribution >= 0.6 is 0 Å². The van der Waals surface area contributed by atoms with E-state index in [0.717, 1.165) is 24.2 Å². The SMILES string of the molecule is O=C(CCN1CCOCC1)Nc1cc(NC(=O)c2ccccc2Cc2ccccc2)ccc1F. The highest BCUT2D eigenvalue weighted by molar-refractivity contribution is 6.05. The lowest BCUT2D eigenvalue weighted by Crippen LogP contribution is -2.38. The van der Waals surface area contributed by atoms with Crippen LogP contribution in [0.25, 0.3) is 0 Å². The molecule has 2 amide bonds. The molecule has 3 aromatic carbocycles. The Morgan fingerprint density at radius 3 is 2.44 bits per heavy atom. The van der Waals surface area contributed by atoms with Crippen molar-refractivity contribution in [3.63, 3.8) is 0 Å². The van der Waals surface area contributed by atoms with E-state index in [2.05, 4.69) is 15.5 Å². The second-order valence-electron chi connectivity index (χ2n) is 8.22. The van der Waals surface area contributed by atoms with Crippen molar-refractivity contribution in [2.24, 2.45) is 0 Å². The summed E-state index contributed by atoms with van der Waals surface area (Å²) in [6, 6.07) is 21.5. The third-order valence-electron chi connectivity index (χ3n) is 5.76. The number of nitrogens with zero attached hydrogens (tertiary/aromatic N) is 1. The second-order valence-corrected chi connectivity index (χ2v) is 8.22. The minimum absolute atomic E-state index is 0.0438. The Morgan fingerprint density at radius 2 is 1.65 bits per heavy atom. The molecule has 1 heterocycles. The molecule has 1 saturated heterocycles. The molecule has 0 radical (unpaired) electrons. The highest BCUT2D eigenvalue weighted by Crippen LogP contribution is 2.22. The quantitative estimate of drug-likeness (QED) is 0.524. The molecular formula is C27H28FN3O3. The highest BCUT2D eigenvalue weighted by Gasteiger charge is 2.15. The van der Waals surface area contributed by atoms with E-state index in [1.54, 1.807) is 6.07 Å². The van der Waals surface area contributed by atoms with Gasteiger partial charge in [-0.05, 0) is 41.8 Å². The van der Waals surface area contributed by atoms with Crippen molar-refractivity contribution in [2.45, 2.75) is 12.8 Å². The summed E-state index contributed by atoms with van der Waals surface area (Å²) >= 11 is 0. The largest absolute Gasteiger partial charge is 0.379 e. The summed E-state index contributed by atoms with van der Waals surface area (Å²) in [7, 11) is 0. The molecule has 1 aliphatic heterocycles. The van der Waals surface area contributed by atoms with Crippen molar-refractivity contribution < 1.29 is 18.7 Å². The zero-order valence-electron chi connectivity index (χ0n) is 18.9. The second kappa shape index (κ2) is 11.5. The van der Waals surface area contributed by atoms with Crippen LogP contribution in [0.2, 0.25) is 0 Å². The van der Waals surface area contributed by atoms with Gasteiger partial charge in [0.2, 0.25) is 5.91 Å². The van der Waals surface area contributed by atoms with Gasteiger partial charge in [0.05, 0.1) is 18.9 Å². The molecule has 4 rings (SSSR count). The monoisotopic (exact) mass is 461 g/mol. The van der Waals surface area contributed by atoms with E-state index in [9.17, 15) is 14.0 Å². The number of morpholine rings is 1. The smallest absolute Gasteiger partial charge is 0.255 e. The lowest BCUT2D eigenvalue weighted by atomic mass is 9.99. The summed E-state index contributed by atoms with van der Waals surface area (Å²) in [5, 5.41) is 5.45. The Kier molecular flexibility index (Phi) is 8.01. The molecule has 2 N–H and O–H groups in total. The first-order valence-corrected chi connectivity index (χ1v) is 11.4. The van der Waals surface area contributed by atoms with Crippen LogP contribution in [0.5, 0.6) is 0 Å². The summed E-state index contributed by atoms with van der Waals surface area (Å²) in [6.07, 6.45) is 0.876. The number of carbonyl (C=O) groups is 2. The Hall–Kier alpha value is -3.55. The van der Waals surface area contributed by atoms with Crippen LogP contribution in [0.1, 0.15) is 27.9 Å². The molecular weight excluding hydrogens is 433 g/mol. The number of amides is 2. The average Bonchev–Trinajstić information content (AvgIpc) is 2.86. The molecule has 0 aliphatic carbocycles. The van der Waals surface area contributed by atoms with Crippen molar-refractivity contribution in [2.75, 3.05) is 43.5 Å². The van der Waals surface area contributed by atoms with Crippen molar-refractivity contribution in [3.8, 4) is 0 Å². The fourth-order valence-electron chi connectivity index (χ4n) is 3.91. The summed E-state index contributed by atoms with van der Waals surface area (Å²) in [4.78, 5) is 27.5. The first-order valence-electron chi connectivity index (χ1n) is 11.4. The number of rotatable bonds is 8. The minimum atomic E-state index is -0.554. The first kappa shape index (κ1) is 23.6. The Morgan fingerprint density at radius 1 is 0.912 bits per heavy atom. The number of carbonyl (C=O) groups excluding carboxylic acids is 2. The maximum Gasteiger partial charge on any atom is 0.255 e. The highest BCUT2D eigenvalue weighted by atomic mass is 19.1. The Labute approximate surface area is 198 Å². The molecule has 3 aromatic rings. The molecule has 1 aliphatic rings. The molecule has 7 heteroatoms. The Balaban J connectivity index is 1.40. The van der Waals surface area contributed by atoms with E-state index in [-0.39, 0.29) is 23.9 Å². The van der Waals surface area contributed by atoms with Crippen LogP contribution in [-0.2, 0) is 16.0 Å². The van der Waals surface area contributed by atoms with E-state index in [0.29, 0.717) is 37.4 Å². The molecule has 0 bridgehead atoms. The molecule has 0 saturated carbocycles. The summed E-state index contributed by atoms with van der Waals surface area (Å²) in [5.74, 6) is -1.12. The number of halogens is 1. The number of hydrogen-bond acceptors (Lipinski definition) is 4. The fraction of sp³-hybridized carbons (Fsp3) is 0.259. The van der Waals surface area contributed by atoms with E-state index in [4.69, 9.17) is 4.74 Å². The van der Waals surface area contributed by atoms with Crippen LogP contribution in [0.3, 0.4) is 0 Å². The number of hydrogen-bond donors (Lipinski definition) is 2. The van der Waals surface area contributed by atoms with Crippen molar-refractivity contribution in [3.05, 3.63) is 95.3 Å². The third-order valence-corrected chi connectivity index (χ3v) is 5.76. The molecule has 0 spiro atoms. The first-order chi connectivity index (χ1) is 16.6. The van der Waals surface area contributed by atoms with E-state index in [1.165, 1.54) is 18.2 Å². The minimum Gasteiger partial charge on any atom is -0.379 e. The van der Waals surface area contributed by atoms with Gasteiger partial charge in [0.25, 0.3) is 5.91 Å². The number of nitrogens with one attached hydrogen (secondary N) is 2. The van der Waals surface area contributed by atoms with Crippen LogP contribution < -0.4 is 10.6 Å². The molecule has 1 fully saturated rings. The van der Waals surface area contributed by atoms with Crippen LogP contribution in [-0.4, -0.2) is 49.6 Å². The maximum atomic E-state index is 14.3. The number of benzene rings is 3. The van der Waals surface area contributed by atoms with Gasteiger partial charge < -0.3 is 15.4 Å². The molecule has 34 heavy (non-hydrogen) atoms.